The van der Waals surface area contributed by atoms with Crippen LogP contribution in [0.3, 0.4) is 0 Å². The van der Waals surface area contributed by atoms with Crippen molar-refractivity contribution in [1.29, 1.82) is 0 Å². The van der Waals surface area contributed by atoms with Crippen LogP contribution in [-0.2, 0) is 14.3 Å². The molecule has 1 aliphatic carbocycles. The predicted molar refractivity (Wildman–Crippen MR) is 97.7 cm³/mol. The van der Waals surface area contributed by atoms with Gasteiger partial charge in [0, 0.05) is 18.8 Å². The third kappa shape index (κ3) is 3.74. The standard InChI is InChI=1S/C20H26N2O4/c1-3-26-17(23)15-4-6-16(7-5-15)21-18(24)20(10-11-20)19(25)22-12-8-14(2)9-13-22/h4-7,14H,3,8-13H2,1-2H3,(H,21,24). The summed E-state index contributed by atoms with van der Waals surface area (Å²) in [4.78, 5) is 39.1. The molecule has 0 bridgehead atoms. The van der Waals surface area contributed by atoms with Crippen molar-refractivity contribution in [1.82, 2.24) is 4.90 Å². The molecule has 2 fully saturated rings. The molecule has 1 aromatic carbocycles. The van der Waals surface area contributed by atoms with Gasteiger partial charge in [0.15, 0.2) is 0 Å². The number of amides is 2. The molecular formula is C20H26N2O4. The molecule has 26 heavy (non-hydrogen) atoms. The normalized spacial score (nSPS) is 18.9. The largest absolute Gasteiger partial charge is 0.462 e. The van der Waals surface area contributed by atoms with Crippen LogP contribution in [0.4, 0.5) is 5.69 Å². The smallest absolute Gasteiger partial charge is 0.338 e. The van der Waals surface area contributed by atoms with Crippen LogP contribution < -0.4 is 5.32 Å². The highest BCUT2D eigenvalue weighted by atomic mass is 16.5. The van der Waals surface area contributed by atoms with E-state index in [0.717, 1.165) is 25.9 Å². The summed E-state index contributed by atoms with van der Waals surface area (Å²) in [5.74, 6) is -0.0328. The third-order valence-electron chi connectivity index (χ3n) is 5.32. The zero-order valence-corrected chi connectivity index (χ0v) is 15.4. The summed E-state index contributed by atoms with van der Waals surface area (Å²) >= 11 is 0. The Kier molecular flexibility index (Phi) is 5.30. The zero-order valence-electron chi connectivity index (χ0n) is 15.4. The van der Waals surface area contributed by atoms with Crippen molar-refractivity contribution in [2.45, 2.75) is 39.5 Å². The zero-order chi connectivity index (χ0) is 18.7. The number of anilines is 1. The molecule has 0 unspecified atom stereocenters. The lowest BCUT2D eigenvalue weighted by Gasteiger charge is -2.32. The summed E-state index contributed by atoms with van der Waals surface area (Å²) in [5.41, 5.74) is 0.110. The highest BCUT2D eigenvalue weighted by Crippen LogP contribution is 2.48. The second-order valence-corrected chi connectivity index (χ2v) is 7.31. The Bertz CT molecular complexity index is 686. The van der Waals surface area contributed by atoms with Crippen LogP contribution in [0.2, 0.25) is 0 Å². The SMILES string of the molecule is CCOC(=O)c1ccc(NC(=O)C2(C(=O)N3CCC(C)CC3)CC2)cc1. The molecule has 1 N–H and O–H groups in total. The van der Waals surface area contributed by atoms with Gasteiger partial charge >= 0.3 is 5.97 Å². The van der Waals surface area contributed by atoms with Gasteiger partial charge in [0.05, 0.1) is 12.2 Å². The van der Waals surface area contributed by atoms with Crippen LogP contribution in [0.5, 0.6) is 0 Å². The van der Waals surface area contributed by atoms with Crippen molar-refractivity contribution in [3.8, 4) is 0 Å². The van der Waals surface area contributed by atoms with Gasteiger partial charge in [-0.2, -0.15) is 0 Å². The van der Waals surface area contributed by atoms with Gasteiger partial charge in [-0.3, -0.25) is 9.59 Å². The third-order valence-corrected chi connectivity index (χ3v) is 5.32. The lowest BCUT2D eigenvalue weighted by Crippen LogP contribution is -2.46. The fourth-order valence-electron chi connectivity index (χ4n) is 3.33. The number of ether oxygens (including phenoxy) is 1. The van der Waals surface area contributed by atoms with E-state index in [9.17, 15) is 14.4 Å². The quantitative estimate of drug-likeness (QED) is 0.649. The molecule has 140 valence electrons. The van der Waals surface area contributed by atoms with Crippen molar-refractivity contribution in [3.63, 3.8) is 0 Å². The van der Waals surface area contributed by atoms with E-state index in [-0.39, 0.29) is 11.8 Å². The summed E-state index contributed by atoms with van der Waals surface area (Å²) in [5, 5.41) is 2.83. The summed E-state index contributed by atoms with van der Waals surface area (Å²) < 4.78 is 4.94. The molecule has 1 aliphatic heterocycles. The van der Waals surface area contributed by atoms with Gasteiger partial charge in [0.1, 0.15) is 5.41 Å². The molecule has 2 amide bonds. The molecule has 0 atom stereocenters. The van der Waals surface area contributed by atoms with Gasteiger partial charge in [0.25, 0.3) is 0 Å². The van der Waals surface area contributed by atoms with E-state index < -0.39 is 11.4 Å². The van der Waals surface area contributed by atoms with E-state index >= 15 is 0 Å². The second-order valence-electron chi connectivity index (χ2n) is 7.31. The number of hydrogen-bond donors (Lipinski definition) is 1. The number of hydrogen-bond acceptors (Lipinski definition) is 4. The molecule has 0 spiro atoms. The van der Waals surface area contributed by atoms with Crippen LogP contribution in [0.25, 0.3) is 0 Å². The molecule has 1 aromatic rings. The minimum absolute atomic E-state index is 0.0370. The lowest BCUT2D eigenvalue weighted by atomic mass is 9.96. The number of esters is 1. The number of nitrogens with one attached hydrogen (secondary N) is 1. The summed E-state index contributed by atoms with van der Waals surface area (Å²) in [6.45, 7) is 5.74. The average Bonchev–Trinajstić information content (AvgIpc) is 3.44. The maximum absolute atomic E-state index is 12.8. The molecular weight excluding hydrogens is 332 g/mol. The maximum atomic E-state index is 12.8. The highest BCUT2D eigenvalue weighted by molar-refractivity contribution is 6.13. The minimum atomic E-state index is -0.902. The van der Waals surface area contributed by atoms with Crippen molar-refractivity contribution in [3.05, 3.63) is 29.8 Å². The van der Waals surface area contributed by atoms with E-state index in [0.29, 0.717) is 36.6 Å². The molecule has 1 heterocycles. The Morgan fingerprint density at radius 3 is 2.31 bits per heavy atom. The number of piperidine rings is 1. The summed E-state index contributed by atoms with van der Waals surface area (Å²) in [7, 11) is 0. The van der Waals surface area contributed by atoms with Crippen LogP contribution in [0.1, 0.15) is 49.9 Å². The Morgan fingerprint density at radius 2 is 1.77 bits per heavy atom. The van der Waals surface area contributed by atoms with Gasteiger partial charge in [-0.1, -0.05) is 6.92 Å². The second kappa shape index (κ2) is 7.48. The number of likely N-dealkylation sites (tertiary alicyclic amines) is 1. The van der Waals surface area contributed by atoms with E-state index in [2.05, 4.69) is 12.2 Å². The van der Waals surface area contributed by atoms with E-state index in [1.165, 1.54) is 0 Å². The van der Waals surface area contributed by atoms with Crippen molar-refractivity contribution in [2.75, 3.05) is 25.0 Å². The number of benzene rings is 1. The molecule has 6 heteroatoms. The number of carbonyl (C=O) groups is 3. The molecule has 0 radical (unpaired) electrons. The Hall–Kier alpha value is -2.37. The topological polar surface area (TPSA) is 75.7 Å². The molecule has 6 nitrogen and oxygen atoms in total. The van der Waals surface area contributed by atoms with Crippen LogP contribution in [-0.4, -0.2) is 42.4 Å². The first kappa shape index (κ1) is 18.4. The highest BCUT2D eigenvalue weighted by Gasteiger charge is 2.58. The maximum Gasteiger partial charge on any atom is 0.338 e. The first-order chi connectivity index (χ1) is 12.5. The van der Waals surface area contributed by atoms with Gasteiger partial charge in [-0.15, -0.1) is 0 Å². The lowest BCUT2D eigenvalue weighted by molar-refractivity contribution is -0.143. The summed E-state index contributed by atoms with van der Waals surface area (Å²) in [6, 6.07) is 6.54. The van der Waals surface area contributed by atoms with Crippen LogP contribution in [0.15, 0.2) is 24.3 Å². The van der Waals surface area contributed by atoms with Gasteiger partial charge in [-0.05, 0) is 62.8 Å². The molecule has 1 saturated heterocycles. The number of nitrogens with zero attached hydrogens (tertiary/aromatic N) is 1. The van der Waals surface area contributed by atoms with Crippen LogP contribution in [0, 0.1) is 11.3 Å². The first-order valence-corrected chi connectivity index (χ1v) is 9.34. The summed E-state index contributed by atoms with van der Waals surface area (Å²) in [6.07, 6.45) is 3.20. The van der Waals surface area contributed by atoms with E-state index in [4.69, 9.17) is 4.74 Å². The molecule has 3 rings (SSSR count). The van der Waals surface area contributed by atoms with E-state index in [1.807, 2.05) is 4.90 Å². The predicted octanol–water partition coefficient (Wildman–Crippen LogP) is 2.84. The van der Waals surface area contributed by atoms with Crippen molar-refractivity contribution in [2.24, 2.45) is 11.3 Å². The average molecular weight is 358 g/mol. The van der Waals surface area contributed by atoms with E-state index in [1.54, 1.807) is 31.2 Å². The first-order valence-electron chi connectivity index (χ1n) is 9.34. The van der Waals surface area contributed by atoms with Gasteiger partial charge in [0.2, 0.25) is 11.8 Å². The fraction of sp³-hybridized carbons (Fsp3) is 0.550. The van der Waals surface area contributed by atoms with Crippen LogP contribution >= 0.6 is 0 Å². The Labute approximate surface area is 153 Å². The molecule has 1 saturated carbocycles. The van der Waals surface area contributed by atoms with Gasteiger partial charge in [-0.25, -0.2) is 4.79 Å². The number of carbonyl (C=O) groups excluding carboxylic acids is 3. The number of rotatable bonds is 5. The monoisotopic (exact) mass is 358 g/mol. The Balaban J connectivity index is 1.62. The van der Waals surface area contributed by atoms with Crippen molar-refractivity contribution >= 4 is 23.5 Å². The molecule has 2 aliphatic rings. The van der Waals surface area contributed by atoms with Crippen molar-refractivity contribution < 1.29 is 19.1 Å². The van der Waals surface area contributed by atoms with Gasteiger partial charge < -0.3 is 15.0 Å². The minimum Gasteiger partial charge on any atom is -0.462 e. The fourth-order valence-corrected chi connectivity index (χ4v) is 3.33. The Morgan fingerprint density at radius 1 is 1.15 bits per heavy atom. The molecule has 0 aromatic heterocycles.